The second-order valence-corrected chi connectivity index (χ2v) is 7.57. The zero-order valence-electron chi connectivity index (χ0n) is 14.1. The van der Waals surface area contributed by atoms with E-state index in [1.807, 2.05) is 27.7 Å². The molecule has 7 heteroatoms. The first-order chi connectivity index (χ1) is 10.0. The Morgan fingerprint density at radius 2 is 1.96 bits per heavy atom. The summed E-state index contributed by atoms with van der Waals surface area (Å²) in [6.45, 7) is 11.3. The predicted molar refractivity (Wildman–Crippen MR) is 91.4 cm³/mol. The number of carbonyl (C=O) groups excluding carboxylic acids is 1. The minimum Gasteiger partial charge on any atom is -0.346 e. The van der Waals surface area contributed by atoms with E-state index in [1.165, 1.54) is 18.2 Å². The van der Waals surface area contributed by atoms with Crippen molar-refractivity contribution in [3.05, 3.63) is 42.0 Å². The minimum absolute atomic E-state index is 0. The van der Waals surface area contributed by atoms with E-state index in [2.05, 4.69) is 11.9 Å². The van der Waals surface area contributed by atoms with Crippen LogP contribution in [-0.2, 0) is 20.3 Å². The number of amides is 1. The fourth-order valence-corrected chi connectivity index (χ4v) is 2.82. The van der Waals surface area contributed by atoms with Crippen LogP contribution in [0.1, 0.15) is 51.3 Å². The van der Waals surface area contributed by atoms with Gasteiger partial charge in [-0.2, -0.15) is 8.42 Å². The Balaban J connectivity index is 0.00000484. The molecular formula is C16H26N2O4S. The molecule has 1 amide bonds. The Bertz CT molecular complexity index is 676. The van der Waals surface area contributed by atoms with E-state index >= 15 is 0 Å². The summed E-state index contributed by atoms with van der Waals surface area (Å²) in [5.41, 5.74) is 1.36. The third-order valence-corrected chi connectivity index (χ3v) is 4.26. The molecule has 23 heavy (non-hydrogen) atoms. The van der Waals surface area contributed by atoms with Crippen LogP contribution >= 0.6 is 0 Å². The van der Waals surface area contributed by atoms with Gasteiger partial charge in [0.05, 0.1) is 10.9 Å². The van der Waals surface area contributed by atoms with Gasteiger partial charge in [0.15, 0.2) is 0 Å². The Labute approximate surface area is 138 Å². The van der Waals surface area contributed by atoms with Gasteiger partial charge < -0.3 is 11.5 Å². The Hall–Kier alpha value is -1.70. The van der Waals surface area contributed by atoms with E-state index in [9.17, 15) is 17.8 Å². The molecule has 1 unspecified atom stereocenters. The van der Waals surface area contributed by atoms with Gasteiger partial charge in [0, 0.05) is 0 Å². The quantitative estimate of drug-likeness (QED) is 0.561. The average molecular weight is 342 g/mol. The van der Waals surface area contributed by atoms with Crippen molar-refractivity contribution < 1.29 is 17.8 Å². The summed E-state index contributed by atoms with van der Waals surface area (Å²) >= 11 is 0. The second kappa shape index (κ2) is 7.72. The summed E-state index contributed by atoms with van der Waals surface area (Å²) in [6, 6.07) is 4.12. The van der Waals surface area contributed by atoms with Crippen LogP contribution in [0.4, 0.5) is 0 Å². The van der Waals surface area contributed by atoms with Gasteiger partial charge in [0.2, 0.25) is 5.91 Å². The summed E-state index contributed by atoms with van der Waals surface area (Å²) in [5.74, 6) is -0.330. The van der Waals surface area contributed by atoms with E-state index in [0.29, 0.717) is 12.0 Å². The highest BCUT2D eigenvalue weighted by atomic mass is 32.2. The maximum atomic E-state index is 11.6. The van der Waals surface area contributed by atoms with Gasteiger partial charge in [0.1, 0.15) is 0 Å². The molecule has 0 radical (unpaired) electrons. The molecule has 1 aromatic rings. The van der Waals surface area contributed by atoms with Crippen molar-refractivity contribution in [3.63, 3.8) is 0 Å². The van der Waals surface area contributed by atoms with Crippen LogP contribution in [0.2, 0.25) is 0 Å². The molecule has 0 aliphatic heterocycles. The number of benzene rings is 1. The van der Waals surface area contributed by atoms with Gasteiger partial charge in [-0.05, 0) is 41.2 Å². The smallest absolute Gasteiger partial charge is 0.294 e. The van der Waals surface area contributed by atoms with Crippen LogP contribution in [0, 0.1) is 0 Å². The van der Waals surface area contributed by atoms with Crippen LogP contribution in [0.5, 0.6) is 0 Å². The number of carbonyl (C=O) groups is 1. The van der Waals surface area contributed by atoms with E-state index in [4.69, 9.17) is 0 Å². The Kier molecular flexibility index (Phi) is 7.15. The lowest BCUT2D eigenvalue weighted by Crippen LogP contribution is -2.29. The van der Waals surface area contributed by atoms with Gasteiger partial charge in [0.25, 0.3) is 10.1 Å². The average Bonchev–Trinajstić information content (AvgIpc) is 2.41. The lowest BCUT2D eigenvalue weighted by Gasteiger charge is -2.28. The maximum Gasteiger partial charge on any atom is 0.294 e. The molecule has 1 aromatic carbocycles. The number of rotatable bonds is 5. The molecule has 130 valence electrons. The highest BCUT2D eigenvalue weighted by Gasteiger charge is 2.25. The topological polar surface area (TPSA) is 118 Å². The van der Waals surface area contributed by atoms with Crippen molar-refractivity contribution in [2.24, 2.45) is 0 Å². The van der Waals surface area contributed by atoms with E-state index in [0.717, 1.165) is 5.56 Å². The molecule has 0 saturated heterocycles. The third kappa shape index (κ3) is 5.46. The van der Waals surface area contributed by atoms with Crippen molar-refractivity contribution in [1.29, 1.82) is 0 Å². The number of hydrogen-bond donors (Lipinski definition) is 3. The van der Waals surface area contributed by atoms with Gasteiger partial charge in [-0.3, -0.25) is 9.35 Å². The lowest BCUT2D eigenvalue weighted by molar-refractivity contribution is -0.117. The SMILES string of the molecule is C=CC(=O)NC(CC)c1cc(S(=O)(=O)O)ccc1C(C)(C)C.N. The monoisotopic (exact) mass is 342 g/mol. The lowest BCUT2D eigenvalue weighted by atomic mass is 9.81. The standard InChI is InChI=1S/C16H23NO4S.H3N/c1-6-14(17-15(18)7-2)12-10-11(22(19,20)21)8-9-13(12)16(3,4)5;/h7-10,14H,2,6H2,1,3-5H3,(H,17,18)(H,19,20,21);1H3. The Morgan fingerprint density at radius 3 is 2.35 bits per heavy atom. The Morgan fingerprint density at radius 1 is 1.39 bits per heavy atom. The zero-order valence-corrected chi connectivity index (χ0v) is 14.9. The molecule has 0 aliphatic carbocycles. The fourth-order valence-electron chi connectivity index (χ4n) is 2.30. The van der Waals surface area contributed by atoms with Gasteiger partial charge in [-0.1, -0.05) is 40.3 Å². The summed E-state index contributed by atoms with van der Waals surface area (Å²) in [5, 5.41) is 2.79. The molecule has 0 bridgehead atoms. The van der Waals surface area contributed by atoms with Crippen LogP contribution in [0.25, 0.3) is 0 Å². The molecule has 6 nitrogen and oxygen atoms in total. The number of nitrogens with one attached hydrogen (secondary N) is 1. The largest absolute Gasteiger partial charge is 0.346 e. The van der Waals surface area contributed by atoms with Crippen molar-refractivity contribution in [3.8, 4) is 0 Å². The van der Waals surface area contributed by atoms with Gasteiger partial charge in [-0.15, -0.1) is 0 Å². The molecule has 5 N–H and O–H groups in total. The first kappa shape index (κ1) is 21.3. The normalized spacial score (nSPS) is 12.9. The van der Waals surface area contributed by atoms with Crippen molar-refractivity contribution in [1.82, 2.24) is 11.5 Å². The fraction of sp³-hybridized carbons (Fsp3) is 0.438. The molecule has 1 rings (SSSR count). The molecule has 0 aromatic heterocycles. The zero-order chi connectivity index (χ0) is 17.1. The second-order valence-electron chi connectivity index (χ2n) is 6.15. The van der Waals surface area contributed by atoms with Crippen molar-refractivity contribution in [2.45, 2.75) is 50.5 Å². The molecule has 0 heterocycles. The molecule has 0 saturated carbocycles. The summed E-state index contributed by atoms with van der Waals surface area (Å²) in [6.07, 6.45) is 1.75. The van der Waals surface area contributed by atoms with Crippen LogP contribution in [-0.4, -0.2) is 18.9 Å². The van der Waals surface area contributed by atoms with Crippen molar-refractivity contribution in [2.75, 3.05) is 0 Å². The summed E-state index contributed by atoms with van der Waals surface area (Å²) < 4.78 is 32.0. The highest BCUT2D eigenvalue weighted by molar-refractivity contribution is 7.85. The molecular weight excluding hydrogens is 316 g/mol. The number of hydrogen-bond acceptors (Lipinski definition) is 4. The third-order valence-electron chi connectivity index (χ3n) is 3.41. The molecule has 0 fully saturated rings. The maximum absolute atomic E-state index is 11.6. The van der Waals surface area contributed by atoms with Gasteiger partial charge >= 0.3 is 0 Å². The van der Waals surface area contributed by atoms with Crippen LogP contribution in [0.3, 0.4) is 0 Å². The predicted octanol–water partition coefficient (Wildman–Crippen LogP) is 3.15. The molecule has 0 aliphatic rings. The highest BCUT2D eigenvalue weighted by Crippen LogP contribution is 2.32. The summed E-state index contributed by atoms with van der Waals surface area (Å²) in [4.78, 5) is 11.4. The molecule has 1 atom stereocenters. The molecule has 0 spiro atoms. The van der Waals surface area contributed by atoms with Crippen LogP contribution in [0.15, 0.2) is 35.7 Å². The van der Waals surface area contributed by atoms with Crippen LogP contribution < -0.4 is 11.5 Å². The van der Waals surface area contributed by atoms with E-state index in [-0.39, 0.29) is 28.4 Å². The van der Waals surface area contributed by atoms with Gasteiger partial charge in [-0.25, -0.2) is 0 Å². The minimum atomic E-state index is -4.30. The van der Waals surface area contributed by atoms with E-state index in [1.54, 1.807) is 6.07 Å². The first-order valence-electron chi connectivity index (χ1n) is 7.05. The first-order valence-corrected chi connectivity index (χ1v) is 8.49. The van der Waals surface area contributed by atoms with Crippen molar-refractivity contribution >= 4 is 16.0 Å². The van der Waals surface area contributed by atoms with E-state index < -0.39 is 10.1 Å². The summed E-state index contributed by atoms with van der Waals surface area (Å²) in [7, 11) is -4.30.